The largest absolute Gasteiger partial charge is 0.480 e. The minimum Gasteiger partial charge on any atom is -0.480 e. The molecular formula is C6H15ClN2O2. The fourth-order valence-electron chi connectivity index (χ4n) is 0.632. The van der Waals surface area contributed by atoms with Crippen molar-refractivity contribution in [2.24, 2.45) is 11.5 Å². The predicted octanol–water partition coefficient (Wildman–Crippen LogP) is -0.0509. The number of unbranched alkanes of at least 4 members (excludes halogenated alkanes) is 1. The first kappa shape index (κ1) is 13.3. The molecule has 0 aromatic carbocycles. The fraction of sp³-hybridized carbons (Fsp3) is 0.833. The summed E-state index contributed by atoms with van der Waals surface area (Å²) in [6.07, 6.45) is 2.16. The van der Waals surface area contributed by atoms with Crippen molar-refractivity contribution >= 4 is 18.4 Å². The molecule has 0 unspecified atom stereocenters. The minimum atomic E-state index is -0.933. The van der Waals surface area contributed by atoms with Gasteiger partial charge in [0.1, 0.15) is 6.04 Å². The Morgan fingerprint density at radius 3 is 2.36 bits per heavy atom. The van der Waals surface area contributed by atoms with Crippen molar-refractivity contribution in [3.63, 3.8) is 0 Å². The molecule has 5 heteroatoms. The molecule has 5 N–H and O–H groups in total. The zero-order valence-electron chi connectivity index (χ0n) is 6.32. The summed E-state index contributed by atoms with van der Waals surface area (Å²) in [5.74, 6) is -0.933. The Hall–Kier alpha value is -0.320. The molecule has 0 radical (unpaired) electrons. The molecule has 0 aliphatic carbocycles. The maximum atomic E-state index is 10.1. The number of halogens is 1. The highest BCUT2D eigenvalue weighted by atomic mass is 35.5. The Labute approximate surface area is 72.4 Å². The van der Waals surface area contributed by atoms with Gasteiger partial charge in [0.25, 0.3) is 0 Å². The topological polar surface area (TPSA) is 89.3 Å². The lowest BCUT2D eigenvalue weighted by Gasteiger charge is -2.03. The van der Waals surface area contributed by atoms with Crippen LogP contribution in [0.3, 0.4) is 0 Å². The second-order valence-corrected chi connectivity index (χ2v) is 2.23. The molecule has 0 aromatic rings. The van der Waals surface area contributed by atoms with Gasteiger partial charge in [-0.1, -0.05) is 6.42 Å². The van der Waals surface area contributed by atoms with Crippen molar-refractivity contribution in [2.45, 2.75) is 25.3 Å². The summed E-state index contributed by atoms with van der Waals surface area (Å²) in [5.41, 5.74) is 10.4. The van der Waals surface area contributed by atoms with Crippen LogP contribution in [0.15, 0.2) is 0 Å². The van der Waals surface area contributed by atoms with Gasteiger partial charge >= 0.3 is 5.97 Å². The van der Waals surface area contributed by atoms with Crippen molar-refractivity contribution in [1.82, 2.24) is 0 Å². The molecule has 0 fully saturated rings. The smallest absolute Gasteiger partial charge is 0.320 e. The maximum Gasteiger partial charge on any atom is 0.320 e. The van der Waals surface area contributed by atoms with Gasteiger partial charge in [0.15, 0.2) is 0 Å². The van der Waals surface area contributed by atoms with Crippen LogP contribution in [-0.2, 0) is 4.79 Å². The molecule has 0 bridgehead atoms. The van der Waals surface area contributed by atoms with Crippen molar-refractivity contribution in [2.75, 3.05) is 6.54 Å². The molecule has 0 saturated heterocycles. The van der Waals surface area contributed by atoms with Crippen molar-refractivity contribution in [3.8, 4) is 0 Å². The average molecular weight is 185 g/mol. The quantitative estimate of drug-likeness (QED) is 0.413. The standard InChI is InChI=1S/C6H14N2O2.ClH/c7-4-2-1-3-5(8)6(9)10;/h5H,1-4,7-8H2,(H,9,10);1H/t5-;/m0./s1/i7+1,8+1;. The summed E-state index contributed by atoms with van der Waals surface area (Å²) in [6.45, 7) is 0.604. The molecule has 0 heterocycles. The highest BCUT2D eigenvalue weighted by Crippen LogP contribution is 1.96. The van der Waals surface area contributed by atoms with Gasteiger partial charge in [0, 0.05) is 0 Å². The van der Waals surface area contributed by atoms with E-state index in [4.69, 9.17) is 16.6 Å². The summed E-state index contributed by atoms with van der Waals surface area (Å²) in [7, 11) is 0. The number of carboxylic acid groups (broad SMARTS) is 1. The van der Waals surface area contributed by atoms with Crippen LogP contribution < -0.4 is 11.5 Å². The SMILES string of the molecule is Cl.[15NH2]CCCC[C@H]([15NH2])C(=O)O. The van der Waals surface area contributed by atoms with Crippen LogP contribution in [0.25, 0.3) is 0 Å². The van der Waals surface area contributed by atoms with Crippen LogP contribution in [0.4, 0.5) is 0 Å². The van der Waals surface area contributed by atoms with E-state index in [9.17, 15) is 4.79 Å². The first-order valence-corrected chi connectivity index (χ1v) is 3.37. The zero-order chi connectivity index (χ0) is 7.98. The molecule has 0 aliphatic heterocycles. The van der Waals surface area contributed by atoms with Gasteiger partial charge in [-0.3, -0.25) is 4.79 Å². The third-order valence-electron chi connectivity index (χ3n) is 1.29. The lowest BCUT2D eigenvalue weighted by molar-refractivity contribution is -0.138. The van der Waals surface area contributed by atoms with Crippen molar-refractivity contribution in [1.29, 1.82) is 0 Å². The minimum absolute atomic E-state index is 0. The Balaban J connectivity index is 0. The number of rotatable bonds is 5. The molecular weight excluding hydrogens is 170 g/mol. The van der Waals surface area contributed by atoms with Crippen LogP contribution in [0.5, 0.6) is 0 Å². The van der Waals surface area contributed by atoms with E-state index in [0.29, 0.717) is 13.0 Å². The fourth-order valence-corrected chi connectivity index (χ4v) is 0.632. The number of carbonyl (C=O) groups is 1. The maximum absolute atomic E-state index is 10.1. The van der Waals surface area contributed by atoms with Gasteiger partial charge in [0.05, 0.1) is 0 Å². The number of carboxylic acids is 1. The van der Waals surface area contributed by atoms with Gasteiger partial charge in [-0.25, -0.2) is 0 Å². The van der Waals surface area contributed by atoms with Crippen LogP contribution in [0.1, 0.15) is 19.3 Å². The first-order chi connectivity index (χ1) is 4.68. The highest BCUT2D eigenvalue weighted by Gasteiger charge is 2.09. The number of hydrogen-bond donors (Lipinski definition) is 3. The molecule has 4 nitrogen and oxygen atoms in total. The molecule has 68 valence electrons. The van der Waals surface area contributed by atoms with Crippen molar-refractivity contribution < 1.29 is 9.90 Å². The van der Waals surface area contributed by atoms with E-state index in [-0.39, 0.29) is 12.4 Å². The van der Waals surface area contributed by atoms with E-state index in [2.05, 4.69) is 0 Å². The molecule has 0 spiro atoms. The average Bonchev–Trinajstić information content (AvgIpc) is 1.88. The van der Waals surface area contributed by atoms with E-state index in [1.165, 1.54) is 0 Å². The monoisotopic (exact) mass is 184 g/mol. The summed E-state index contributed by atoms with van der Waals surface area (Å²) >= 11 is 0. The van der Waals surface area contributed by atoms with Gasteiger partial charge < -0.3 is 16.6 Å². The van der Waals surface area contributed by atoms with Crippen LogP contribution in [0, 0.1) is 0 Å². The second kappa shape index (κ2) is 7.78. The molecule has 0 saturated carbocycles. The van der Waals surface area contributed by atoms with Gasteiger partial charge in [-0.05, 0) is 19.4 Å². The molecule has 0 aromatic heterocycles. The van der Waals surface area contributed by atoms with E-state index < -0.39 is 12.0 Å². The van der Waals surface area contributed by atoms with Gasteiger partial charge in [0.2, 0.25) is 0 Å². The summed E-state index contributed by atoms with van der Waals surface area (Å²) in [5, 5.41) is 8.33. The highest BCUT2D eigenvalue weighted by molar-refractivity contribution is 5.85. The molecule has 11 heavy (non-hydrogen) atoms. The summed E-state index contributed by atoms with van der Waals surface area (Å²) < 4.78 is 0. The Kier molecular flexibility index (Phi) is 9.40. The van der Waals surface area contributed by atoms with Crippen LogP contribution >= 0.6 is 12.4 Å². The number of nitrogens with two attached hydrogens (primary N) is 2. The van der Waals surface area contributed by atoms with Gasteiger partial charge in [-0.15, -0.1) is 12.4 Å². The lowest BCUT2D eigenvalue weighted by Crippen LogP contribution is -2.29. The molecule has 0 amide bonds. The van der Waals surface area contributed by atoms with E-state index in [1.807, 2.05) is 0 Å². The number of hydrogen-bond acceptors (Lipinski definition) is 3. The van der Waals surface area contributed by atoms with Crippen LogP contribution in [-0.4, -0.2) is 23.7 Å². The molecule has 0 rings (SSSR count). The van der Waals surface area contributed by atoms with Crippen LogP contribution in [0.2, 0.25) is 0 Å². The molecule has 0 aliphatic rings. The summed E-state index contributed by atoms with van der Waals surface area (Å²) in [4.78, 5) is 10.1. The molecule has 1 atom stereocenters. The van der Waals surface area contributed by atoms with Crippen molar-refractivity contribution in [3.05, 3.63) is 0 Å². The van der Waals surface area contributed by atoms with Gasteiger partial charge in [-0.2, -0.15) is 0 Å². The van der Waals surface area contributed by atoms with E-state index >= 15 is 0 Å². The lowest BCUT2D eigenvalue weighted by atomic mass is 10.1. The second-order valence-electron chi connectivity index (χ2n) is 2.23. The normalized spacial score (nSPS) is 11.8. The third kappa shape index (κ3) is 7.58. The predicted molar refractivity (Wildman–Crippen MR) is 45.8 cm³/mol. The first-order valence-electron chi connectivity index (χ1n) is 3.37. The third-order valence-corrected chi connectivity index (χ3v) is 1.29. The Morgan fingerprint density at radius 1 is 1.45 bits per heavy atom. The van der Waals surface area contributed by atoms with E-state index in [1.54, 1.807) is 0 Å². The Morgan fingerprint density at radius 2 is 2.00 bits per heavy atom. The summed E-state index contributed by atoms with van der Waals surface area (Å²) in [6, 6.07) is -0.716. The number of aliphatic carboxylic acids is 1. The Bertz CT molecular complexity index is 111. The van der Waals surface area contributed by atoms with E-state index in [0.717, 1.165) is 12.8 Å². The zero-order valence-corrected chi connectivity index (χ0v) is 7.14.